The number of aliphatic hydroxyl groups excluding tert-OH is 1. The van der Waals surface area contributed by atoms with Crippen LogP contribution < -0.4 is 27.0 Å². The van der Waals surface area contributed by atoms with Crippen LogP contribution in [-0.2, 0) is 28.7 Å². The van der Waals surface area contributed by atoms with Crippen LogP contribution in [0.15, 0.2) is 0 Å². The van der Waals surface area contributed by atoms with Crippen molar-refractivity contribution < 1.29 is 33.8 Å². The minimum atomic E-state index is -1.32. The van der Waals surface area contributed by atoms with Crippen molar-refractivity contribution in [1.82, 2.24) is 26.2 Å². The molecule has 1 aliphatic carbocycles. The predicted molar refractivity (Wildman–Crippen MR) is 184 cm³/mol. The fraction of sp³-hybridized carbons (Fsp3) is 0.857. The van der Waals surface area contributed by atoms with E-state index in [0.29, 0.717) is 12.8 Å². The van der Waals surface area contributed by atoms with E-state index in [1.165, 1.54) is 11.8 Å². The average Bonchev–Trinajstić information content (AvgIpc) is 3.05. The van der Waals surface area contributed by atoms with Crippen LogP contribution >= 0.6 is 0 Å². The van der Waals surface area contributed by atoms with Gasteiger partial charge in [0.25, 0.3) is 0 Å². The molecule has 1 saturated carbocycles. The van der Waals surface area contributed by atoms with Crippen LogP contribution in [0.5, 0.6) is 0 Å². The molecule has 0 aromatic carbocycles. The van der Waals surface area contributed by atoms with Gasteiger partial charge in [-0.3, -0.25) is 24.0 Å². The van der Waals surface area contributed by atoms with Gasteiger partial charge in [-0.15, -0.1) is 0 Å². The van der Waals surface area contributed by atoms with E-state index in [2.05, 4.69) is 28.2 Å². The van der Waals surface area contributed by atoms with Crippen molar-refractivity contribution in [3.63, 3.8) is 0 Å². The van der Waals surface area contributed by atoms with Gasteiger partial charge in [0.15, 0.2) is 0 Å². The lowest BCUT2D eigenvalue weighted by Crippen LogP contribution is -2.62. The molecule has 5 amide bonds. The molecule has 2 aliphatic rings. The Morgan fingerprint density at radius 1 is 0.896 bits per heavy atom. The van der Waals surface area contributed by atoms with E-state index < -0.39 is 72.0 Å². The molecule has 0 aromatic heterocycles. The van der Waals surface area contributed by atoms with Crippen molar-refractivity contribution in [2.45, 2.75) is 155 Å². The zero-order valence-electron chi connectivity index (χ0n) is 30.4. The number of hydrogen-bond acceptors (Lipinski definition) is 8. The summed E-state index contributed by atoms with van der Waals surface area (Å²) in [6.07, 6.45) is 7.01. The van der Waals surface area contributed by atoms with Gasteiger partial charge in [0, 0.05) is 20.1 Å². The molecule has 2 fully saturated rings. The zero-order valence-corrected chi connectivity index (χ0v) is 30.4. The van der Waals surface area contributed by atoms with E-state index in [0.717, 1.165) is 57.8 Å². The SMILES string of the molecule is CCCCCC[C@H]1O[C@H](C)CNC(=O)[C@H]([C@H](C)O)NC(=O)[C@H](CN)NC(=O)[C@H](C2CCCCC2)NC(=O)[C@H](CC(C)C)N(C)C(=O)[C@@H]1C. The number of amides is 5. The second kappa shape index (κ2) is 20.7. The fourth-order valence-electron chi connectivity index (χ4n) is 6.70. The van der Waals surface area contributed by atoms with Gasteiger partial charge in [0.05, 0.1) is 24.2 Å². The van der Waals surface area contributed by atoms with Crippen molar-refractivity contribution in [2.24, 2.45) is 23.5 Å². The third-order valence-corrected chi connectivity index (χ3v) is 9.71. The summed E-state index contributed by atoms with van der Waals surface area (Å²) < 4.78 is 6.40. The first-order valence-electron chi connectivity index (χ1n) is 18.2. The summed E-state index contributed by atoms with van der Waals surface area (Å²) in [7, 11) is 1.63. The largest absolute Gasteiger partial charge is 0.391 e. The molecule has 1 saturated heterocycles. The molecule has 48 heavy (non-hydrogen) atoms. The molecule has 2 rings (SSSR count). The maximum atomic E-state index is 14.1. The van der Waals surface area contributed by atoms with Crippen LogP contribution in [0.25, 0.3) is 0 Å². The monoisotopic (exact) mass is 680 g/mol. The molecular weight excluding hydrogens is 616 g/mol. The van der Waals surface area contributed by atoms with Crippen molar-refractivity contribution in [1.29, 1.82) is 0 Å². The molecule has 276 valence electrons. The van der Waals surface area contributed by atoms with Crippen molar-refractivity contribution in [3.05, 3.63) is 0 Å². The Hall–Kier alpha value is -2.77. The number of nitrogens with one attached hydrogen (secondary N) is 4. The maximum absolute atomic E-state index is 14.1. The number of nitrogens with zero attached hydrogens (tertiary/aromatic N) is 1. The minimum absolute atomic E-state index is 0.0681. The maximum Gasteiger partial charge on any atom is 0.245 e. The van der Waals surface area contributed by atoms with E-state index in [1.54, 1.807) is 14.0 Å². The van der Waals surface area contributed by atoms with Crippen LogP contribution in [0, 0.1) is 17.8 Å². The van der Waals surface area contributed by atoms with Gasteiger partial charge in [-0.1, -0.05) is 72.6 Å². The second-order valence-corrected chi connectivity index (χ2v) is 14.4. The quantitative estimate of drug-likeness (QED) is 0.188. The van der Waals surface area contributed by atoms with Gasteiger partial charge in [-0.2, -0.15) is 0 Å². The lowest BCUT2D eigenvalue weighted by atomic mass is 9.83. The summed E-state index contributed by atoms with van der Waals surface area (Å²) in [4.78, 5) is 70.0. The Kier molecular flexibility index (Phi) is 17.8. The number of aliphatic hydroxyl groups is 1. The van der Waals surface area contributed by atoms with Crippen molar-refractivity contribution in [3.8, 4) is 0 Å². The first-order chi connectivity index (χ1) is 22.7. The second-order valence-electron chi connectivity index (χ2n) is 14.4. The first-order valence-corrected chi connectivity index (χ1v) is 18.2. The Bertz CT molecular complexity index is 1050. The van der Waals surface area contributed by atoms with Crippen LogP contribution in [0.2, 0.25) is 0 Å². The number of nitrogens with two attached hydrogens (primary N) is 1. The van der Waals surface area contributed by atoms with E-state index >= 15 is 0 Å². The number of unbranched alkanes of at least 4 members (excludes halogenated alkanes) is 3. The summed E-state index contributed by atoms with van der Waals surface area (Å²) in [6.45, 7) is 10.9. The minimum Gasteiger partial charge on any atom is -0.391 e. The van der Waals surface area contributed by atoms with Crippen LogP contribution in [-0.4, -0.2) is 102 Å². The molecule has 0 bridgehead atoms. The molecule has 13 nitrogen and oxygen atoms in total. The predicted octanol–water partition coefficient (Wildman–Crippen LogP) is 1.74. The van der Waals surface area contributed by atoms with Gasteiger partial charge < -0.3 is 41.7 Å². The third kappa shape index (κ3) is 12.6. The van der Waals surface area contributed by atoms with Crippen molar-refractivity contribution >= 4 is 29.5 Å². The Balaban J connectivity index is 2.55. The number of rotatable bonds is 10. The highest BCUT2D eigenvalue weighted by atomic mass is 16.5. The summed E-state index contributed by atoms with van der Waals surface area (Å²) in [5, 5.41) is 21.4. The Morgan fingerprint density at radius 3 is 2.15 bits per heavy atom. The molecule has 8 atom stereocenters. The number of likely N-dealkylation sites (N-methyl/N-ethyl adjacent to an activating group) is 1. The smallest absolute Gasteiger partial charge is 0.245 e. The van der Waals surface area contributed by atoms with Crippen molar-refractivity contribution in [2.75, 3.05) is 20.1 Å². The highest BCUT2D eigenvalue weighted by Gasteiger charge is 2.39. The first kappa shape index (κ1) is 41.4. The lowest BCUT2D eigenvalue weighted by molar-refractivity contribution is -0.148. The molecular formula is C35H64N6O7. The standard InChI is InChI=1S/C35H64N6O7/c1-8-9-10-14-17-28-23(5)35(47)41(7)27(18-21(2)3)32(44)40-30(25-15-12-11-13-16-25)34(46)38-26(19-36)31(43)39-29(24(6)42)33(45)37-20-22(4)48-28/h21-30,42H,8-20,36H2,1-7H3,(H,37,45)(H,38,46)(H,39,43)(H,40,44)/t22-,23-,24+,26+,27+,28-,29+,30+/m1/s1. The van der Waals surface area contributed by atoms with E-state index in [9.17, 15) is 29.1 Å². The number of ether oxygens (including phenoxy) is 1. The van der Waals surface area contributed by atoms with Gasteiger partial charge in [0.1, 0.15) is 24.2 Å². The normalized spacial score (nSPS) is 30.4. The van der Waals surface area contributed by atoms with Crippen LogP contribution in [0.4, 0.5) is 0 Å². The molecule has 0 spiro atoms. The zero-order chi connectivity index (χ0) is 36.0. The van der Waals surface area contributed by atoms with Gasteiger partial charge >= 0.3 is 0 Å². The summed E-state index contributed by atoms with van der Waals surface area (Å²) in [6, 6.07) is -4.33. The molecule has 1 heterocycles. The highest BCUT2D eigenvalue weighted by Crippen LogP contribution is 2.28. The average molecular weight is 681 g/mol. The summed E-state index contributed by atoms with van der Waals surface area (Å²) >= 11 is 0. The van der Waals surface area contributed by atoms with Gasteiger partial charge in [0.2, 0.25) is 29.5 Å². The molecule has 0 radical (unpaired) electrons. The number of hydrogen-bond donors (Lipinski definition) is 6. The van der Waals surface area contributed by atoms with Gasteiger partial charge in [-0.25, -0.2) is 0 Å². The molecule has 0 aromatic rings. The highest BCUT2D eigenvalue weighted by molar-refractivity contribution is 5.96. The molecule has 13 heteroatoms. The van der Waals surface area contributed by atoms with E-state index in [-0.39, 0.29) is 30.8 Å². The Morgan fingerprint density at radius 2 is 1.56 bits per heavy atom. The molecule has 1 aliphatic heterocycles. The Labute approximate surface area is 287 Å². The molecule has 0 unspecified atom stereocenters. The molecule has 7 N–H and O–H groups in total. The van der Waals surface area contributed by atoms with E-state index in [4.69, 9.17) is 10.5 Å². The lowest BCUT2D eigenvalue weighted by Gasteiger charge is -2.36. The number of carbonyl (C=O) groups is 5. The van der Waals surface area contributed by atoms with Crippen LogP contribution in [0.3, 0.4) is 0 Å². The topological polar surface area (TPSA) is 192 Å². The third-order valence-electron chi connectivity index (χ3n) is 9.71. The van der Waals surface area contributed by atoms with Gasteiger partial charge in [-0.05, 0) is 51.4 Å². The summed E-state index contributed by atoms with van der Waals surface area (Å²) in [5.41, 5.74) is 5.92. The van der Waals surface area contributed by atoms with E-state index in [1.807, 2.05) is 20.8 Å². The fourth-order valence-corrected chi connectivity index (χ4v) is 6.70. The van der Waals surface area contributed by atoms with Crippen LogP contribution in [0.1, 0.15) is 112 Å². The number of carbonyl (C=O) groups excluding carboxylic acids is 5. The summed E-state index contributed by atoms with van der Waals surface area (Å²) in [5.74, 6) is -3.27.